The summed E-state index contributed by atoms with van der Waals surface area (Å²) in [6.45, 7) is 3.25. The van der Waals surface area contributed by atoms with Gasteiger partial charge in [0, 0.05) is 45.6 Å². The first kappa shape index (κ1) is 12.1. The van der Waals surface area contributed by atoms with E-state index < -0.39 is 10.0 Å². The van der Waals surface area contributed by atoms with Gasteiger partial charge in [-0.15, -0.1) is 0 Å². The fraction of sp³-hybridized carbons (Fsp3) is 0.727. The topological polar surface area (TPSA) is 58.4 Å². The molecule has 0 saturated carbocycles. The summed E-state index contributed by atoms with van der Waals surface area (Å²) in [4.78, 5) is 6.24. The molecule has 0 aromatic carbocycles. The van der Waals surface area contributed by atoms with Crippen LogP contribution in [0.15, 0.2) is 17.6 Å². The first-order chi connectivity index (χ1) is 8.48. The molecule has 3 rings (SSSR count). The second kappa shape index (κ2) is 4.04. The molecule has 0 amide bonds. The van der Waals surface area contributed by atoms with Crippen molar-refractivity contribution in [1.29, 1.82) is 0 Å². The number of aryl methyl sites for hydroxylation is 1. The van der Waals surface area contributed by atoms with E-state index in [2.05, 4.69) is 16.9 Å². The number of rotatable bonds is 2. The molecule has 2 saturated heterocycles. The highest BCUT2D eigenvalue weighted by molar-refractivity contribution is 7.89. The maximum Gasteiger partial charge on any atom is 0.277 e. The standard InChI is InChI=1S/C11H18N4O2S/c1-13-5-9-7-15(8-10(9)6-13)18(16,17)11-12-3-4-14(11)2/h3-4,9-10H,5-8H2,1-2H3. The highest BCUT2D eigenvalue weighted by Gasteiger charge is 2.44. The van der Waals surface area contributed by atoms with E-state index in [9.17, 15) is 8.42 Å². The van der Waals surface area contributed by atoms with E-state index in [0.717, 1.165) is 13.1 Å². The highest BCUT2D eigenvalue weighted by atomic mass is 32.2. The van der Waals surface area contributed by atoms with Crippen LogP contribution in [0.1, 0.15) is 0 Å². The summed E-state index contributed by atoms with van der Waals surface area (Å²) in [5.41, 5.74) is 0. The minimum Gasteiger partial charge on any atom is -0.324 e. The van der Waals surface area contributed by atoms with Crippen molar-refractivity contribution < 1.29 is 8.42 Å². The molecule has 18 heavy (non-hydrogen) atoms. The Kier molecular flexibility index (Phi) is 2.72. The summed E-state index contributed by atoms with van der Waals surface area (Å²) in [6.07, 6.45) is 3.19. The molecule has 7 heteroatoms. The van der Waals surface area contributed by atoms with Crippen LogP contribution in [0, 0.1) is 11.8 Å². The number of imidazole rings is 1. The molecule has 2 aliphatic heterocycles. The monoisotopic (exact) mass is 270 g/mol. The summed E-state index contributed by atoms with van der Waals surface area (Å²) in [6, 6.07) is 0. The van der Waals surface area contributed by atoms with Crippen LogP contribution in [0.4, 0.5) is 0 Å². The van der Waals surface area contributed by atoms with Gasteiger partial charge >= 0.3 is 0 Å². The van der Waals surface area contributed by atoms with Crippen LogP contribution in [-0.4, -0.2) is 60.4 Å². The molecule has 0 radical (unpaired) electrons. The van der Waals surface area contributed by atoms with E-state index in [1.807, 2.05) is 0 Å². The molecule has 0 N–H and O–H groups in total. The molecule has 2 aliphatic rings. The van der Waals surface area contributed by atoms with Gasteiger partial charge in [-0.3, -0.25) is 0 Å². The van der Waals surface area contributed by atoms with Gasteiger partial charge in [0.05, 0.1) is 0 Å². The van der Waals surface area contributed by atoms with E-state index in [1.54, 1.807) is 22.1 Å². The van der Waals surface area contributed by atoms with Gasteiger partial charge in [-0.2, -0.15) is 4.31 Å². The summed E-state index contributed by atoms with van der Waals surface area (Å²) < 4.78 is 28.1. The van der Waals surface area contributed by atoms with E-state index >= 15 is 0 Å². The molecule has 2 fully saturated rings. The molecular formula is C11H18N4O2S. The minimum absolute atomic E-state index is 0.149. The quantitative estimate of drug-likeness (QED) is 0.734. The summed E-state index contributed by atoms with van der Waals surface area (Å²) >= 11 is 0. The molecule has 2 atom stereocenters. The van der Waals surface area contributed by atoms with Crippen molar-refractivity contribution in [3.63, 3.8) is 0 Å². The number of likely N-dealkylation sites (tertiary alicyclic amines) is 1. The summed E-state index contributed by atoms with van der Waals surface area (Å²) in [7, 11) is 0.387. The third kappa shape index (κ3) is 1.77. The summed E-state index contributed by atoms with van der Waals surface area (Å²) in [5.74, 6) is 0.954. The molecule has 100 valence electrons. The van der Waals surface area contributed by atoms with Crippen LogP contribution in [-0.2, 0) is 17.1 Å². The Labute approximate surface area is 107 Å². The zero-order chi connectivity index (χ0) is 12.9. The van der Waals surface area contributed by atoms with Crippen LogP contribution in [0.25, 0.3) is 0 Å². The van der Waals surface area contributed by atoms with Gasteiger partial charge in [0.2, 0.25) is 5.16 Å². The van der Waals surface area contributed by atoms with Crippen molar-refractivity contribution in [2.45, 2.75) is 5.16 Å². The van der Waals surface area contributed by atoms with Crippen molar-refractivity contribution in [2.75, 3.05) is 33.2 Å². The second-order valence-electron chi connectivity index (χ2n) is 5.38. The zero-order valence-electron chi connectivity index (χ0n) is 10.7. The Morgan fingerprint density at radius 3 is 2.28 bits per heavy atom. The van der Waals surface area contributed by atoms with Crippen molar-refractivity contribution in [3.05, 3.63) is 12.4 Å². The molecule has 0 aliphatic carbocycles. The molecule has 3 heterocycles. The first-order valence-corrected chi connectivity index (χ1v) is 7.58. The number of hydrogen-bond donors (Lipinski definition) is 0. The van der Waals surface area contributed by atoms with Gasteiger partial charge in [0.15, 0.2) is 0 Å². The summed E-state index contributed by atoms with van der Waals surface area (Å²) in [5, 5.41) is 0.149. The lowest BCUT2D eigenvalue weighted by Crippen LogP contribution is -2.33. The van der Waals surface area contributed by atoms with Crippen molar-refractivity contribution >= 4 is 10.0 Å². The Balaban J connectivity index is 1.84. The van der Waals surface area contributed by atoms with Crippen LogP contribution in [0.2, 0.25) is 0 Å². The lowest BCUT2D eigenvalue weighted by atomic mass is 10.0. The average molecular weight is 270 g/mol. The number of aromatic nitrogens is 2. The fourth-order valence-electron chi connectivity index (χ4n) is 3.10. The van der Waals surface area contributed by atoms with E-state index in [4.69, 9.17) is 0 Å². The van der Waals surface area contributed by atoms with Gasteiger partial charge in [0.1, 0.15) is 0 Å². The van der Waals surface area contributed by atoms with Crippen molar-refractivity contribution in [2.24, 2.45) is 18.9 Å². The normalized spacial score (nSPS) is 29.9. The smallest absolute Gasteiger partial charge is 0.277 e. The maximum atomic E-state index is 12.5. The van der Waals surface area contributed by atoms with E-state index in [-0.39, 0.29) is 5.16 Å². The predicted molar refractivity (Wildman–Crippen MR) is 66.4 cm³/mol. The number of nitrogens with zero attached hydrogens (tertiary/aromatic N) is 4. The molecule has 0 bridgehead atoms. The first-order valence-electron chi connectivity index (χ1n) is 6.14. The third-order valence-corrected chi connectivity index (χ3v) is 5.82. The molecule has 0 spiro atoms. The number of fused-ring (bicyclic) bond motifs is 1. The third-order valence-electron chi connectivity index (χ3n) is 3.98. The Hall–Kier alpha value is -0.920. The van der Waals surface area contributed by atoms with Gasteiger partial charge in [-0.25, -0.2) is 13.4 Å². The highest BCUT2D eigenvalue weighted by Crippen LogP contribution is 2.33. The lowest BCUT2D eigenvalue weighted by Gasteiger charge is -2.18. The van der Waals surface area contributed by atoms with Crippen LogP contribution < -0.4 is 0 Å². The Morgan fingerprint density at radius 2 is 1.78 bits per heavy atom. The zero-order valence-corrected chi connectivity index (χ0v) is 11.5. The predicted octanol–water partition coefficient (Wildman–Crippen LogP) is -0.398. The van der Waals surface area contributed by atoms with Crippen molar-refractivity contribution in [1.82, 2.24) is 18.8 Å². The average Bonchev–Trinajstić information content (AvgIpc) is 2.91. The molecule has 1 aromatic heterocycles. The van der Waals surface area contributed by atoms with Gasteiger partial charge < -0.3 is 9.47 Å². The lowest BCUT2D eigenvalue weighted by molar-refractivity contribution is 0.348. The Bertz CT molecular complexity index is 539. The van der Waals surface area contributed by atoms with Gasteiger partial charge in [-0.1, -0.05) is 0 Å². The number of sulfonamides is 1. The van der Waals surface area contributed by atoms with Crippen LogP contribution in [0.3, 0.4) is 0 Å². The largest absolute Gasteiger partial charge is 0.324 e. The molecular weight excluding hydrogens is 252 g/mol. The fourth-order valence-corrected chi connectivity index (χ4v) is 4.72. The van der Waals surface area contributed by atoms with E-state index in [0.29, 0.717) is 24.9 Å². The molecule has 6 nitrogen and oxygen atoms in total. The second-order valence-corrected chi connectivity index (χ2v) is 7.22. The van der Waals surface area contributed by atoms with Crippen molar-refractivity contribution in [3.8, 4) is 0 Å². The molecule has 2 unspecified atom stereocenters. The SMILES string of the molecule is CN1CC2CN(S(=O)(=O)c3nccn3C)CC2C1. The minimum atomic E-state index is -3.42. The van der Waals surface area contributed by atoms with E-state index in [1.165, 1.54) is 6.20 Å². The van der Waals surface area contributed by atoms with Crippen LogP contribution in [0.5, 0.6) is 0 Å². The van der Waals surface area contributed by atoms with Crippen LogP contribution >= 0.6 is 0 Å². The maximum absolute atomic E-state index is 12.5. The Morgan fingerprint density at radius 1 is 1.17 bits per heavy atom. The van der Waals surface area contributed by atoms with Gasteiger partial charge in [0.25, 0.3) is 10.0 Å². The molecule has 1 aromatic rings. The van der Waals surface area contributed by atoms with Gasteiger partial charge in [-0.05, 0) is 18.9 Å². The number of hydrogen-bond acceptors (Lipinski definition) is 4.